The van der Waals surface area contributed by atoms with E-state index in [1.165, 1.54) is 6.08 Å². The number of halogens is 1. The molecule has 6 nitrogen and oxygen atoms in total. The van der Waals surface area contributed by atoms with Crippen molar-refractivity contribution in [1.29, 1.82) is 5.26 Å². The van der Waals surface area contributed by atoms with Crippen molar-refractivity contribution < 1.29 is 19.1 Å². The average Bonchev–Trinajstić information content (AvgIpc) is 2.79. The third kappa shape index (κ3) is 5.95. The minimum absolute atomic E-state index is 0.0678. The van der Waals surface area contributed by atoms with Crippen molar-refractivity contribution in [2.24, 2.45) is 0 Å². The molecular formula is C24H17ClN2O4. The van der Waals surface area contributed by atoms with Crippen molar-refractivity contribution in [2.45, 2.75) is 0 Å². The number of benzene rings is 3. The van der Waals surface area contributed by atoms with E-state index >= 15 is 0 Å². The molecule has 3 rings (SSSR count). The number of rotatable bonds is 6. The number of nitrogens with one attached hydrogen (secondary N) is 1. The molecule has 0 heterocycles. The number of hydrogen-bond acceptors (Lipinski definition) is 5. The van der Waals surface area contributed by atoms with Crippen LogP contribution in [0.25, 0.3) is 6.08 Å². The van der Waals surface area contributed by atoms with Gasteiger partial charge in [-0.05, 0) is 72.3 Å². The van der Waals surface area contributed by atoms with Gasteiger partial charge in [-0.15, -0.1) is 0 Å². The Labute approximate surface area is 184 Å². The molecule has 0 radical (unpaired) electrons. The molecule has 1 amide bonds. The monoisotopic (exact) mass is 432 g/mol. The molecule has 0 aliphatic heterocycles. The Kier molecular flexibility index (Phi) is 7.05. The summed E-state index contributed by atoms with van der Waals surface area (Å²) >= 11 is 5.81. The number of nitriles is 1. The van der Waals surface area contributed by atoms with Gasteiger partial charge in [0.25, 0.3) is 5.91 Å². The van der Waals surface area contributed by atoms with Gasteiger partial charge in [0.1, 0.15) is 23.1 Å². The number of carbonyl (C=O) groups is 2. The topological polar surface area (TPSA) is 88.4 Å². The fraction of sp³-hybridized carbons (Fsp3) is 0.0417. The smallest absolute Gasteiger partial charge is 0.343 e. The predicted molar refractivity (Wildman–Crippen MR) is 118 cm³/mol. The number of ether oxygens (including phenoxy) is 2. The zero-order chi connectivity index (χ0) is 22.2. The van der Waals surface area contributed by atoms with Crippen LogP contribution in [-0.2, 0) is 4.79 Å². The first kappa shape index (κ1) is 21.6. The van der Waals surface area contributed by atoms with Crippen molar-refractivity contribution >= 4 is 35.2 Å². The standard InChI is InChI=1S/C24H17ClN2O4/c1-30-21-12-8-20(9-13-21)27-23(28)18(15-26)14-16-2-10-22(11-3-16)31-24(29)17-4-6-19(25)7-5-17/h2-14H,1H3,(H,27,28)/b18-14+. The molecule has 0 atom stereocenters. The number of hydrogen-bond donors (Lipinski definition) is 1. The van der Waals surface area contributed by atoms with E-state index in [4.69, 9.17) is 21.1 Å². The maximum absolute atomic E-state index is 12.4. The second-order valence-electron chi connectivity index (χ2n) is 6.32. The highest BCUT2D eigenvalue weighted by atomic mass is 35.5. The molecule has 154 valence electrons. The minimum Gasteiger partial charge on any atom is -0.497 e. The summed E-state index contributed by atoms with van der Waals surface area (Å²) < 4.78 is 10.4. The highest BCUT2D eigenvalue weighted by Crippen LogP contribution is 2.19. The van der Waals surface area contributed by atoms with Gasteiger partial charge in [0, 0.05) is 10.7 Å². The van der Waals surface area contributed by atoms with Gasteiger partial charge in [-0.1, -0.05) is 23.7 Å². The van der Waals surface area contributed by atoms with Gasteiger partial charge < -0.3 is 14.8 Å². The second kappa shape index (κ2) is 10.1. The molecule has 0 spiro atoms. The quantitative estimate of drug-likeness (QED) is 0.253. The Morgan fingerprint density at radius 3 is 2.13 bits per heavy atom. The number of anilines is 1. The number of nitrogens with zero attached hydrogens (tertiary/aromatic N) is 1. The molecule has 7 heteroatoms. The molecule has 31 heavy (non-hydrogen) atoms. The zero-order valence-corrected chi connectivity index (χ0v) is 17.2. The van der Waals surface area contributed by atoms with Crippen molar-refractivity contribution in [1.82, 2.24) is 0 Å². The molecule has 0 saturated carbocycles. The maximum atomic E-state index is 12.4. The predicted octanol–water partition coefficient (Wildman–Crippen LogP) is 5.11. The minimum atomic E-state index is -0.536. The third-order valence-corrected chi connectivity index (χ3v) is 4.45. The zero-order valence-electron chi connectivity index (χ0n) is 16.5. The molecule has 0 aliphatic carbocycles. The molecule has 0 unspecified atom stereocenters. The molecule has 3 aromatic rings. The number of esters is 1. The van der Waals surface area contributed by atoms with Crippen LogP contribution >= 0.6 is 11.6 Å². The summed E-state index contributed by atoms with van der Waals surface area (Å²) in [6.07, 6.45) is 1.45. The van der Waals surface area contributed by atoms with E-state index in [9.17, 15) is 14.9 Å². The first-order chi connectivity index (χ1) is 15.0. The lowest BCUT2D eigenvalue weighted by molar-refractivity contribution is -0.112. The van der Waals surface area contributed by atoms with Crippen molar-refractivity contribution in [3.05, 3.63) is 94.5 Å². The Bertz CT molecular complexity index is 1150. The van der Waals surface area contributed by atoms with Crippen LogP contribution in [0.4, 0.5) is 5.69 Å². The van der Waals surface area contributed by atoms with Crippen molar-refractivity contribution in [3.63, 3.8) is 0 Å². The lowest BCUT2D eigenvalue weighted by Gasteiger charge is -2.06. The van der Waals surface area contributed by atoms with Gasteiger partial charge in [-0.25, -0.2) is 4.79 Å². The highest BCUT2D eigenvalue weighted by molar-refractivity contribution is 6.30. The SMILES string of the molecule is COc1ccc(NC(=O)/C(C#N)=C/c2ccc(OC(=O)c3ccc(Cl)cc3)cc2)cc1. The summed E-state index contributed by atoms with van der Waals surface area (Å²) in [6.45, 7) is 0. The Hall–Kier alpha value is -4.08. The van der Waals surface area contributed by atoms with Gasteiger partial charge in [0.05, 0.1) is 12.7 Å². The molecular weight excluding hydrogens is 416 g/mol. The molecule has 0 aliphatic rings. The van der Waals surface area contributed by atoms with Gasteiger partial charge in [0.2, 0.25) is 0 Å². The lowest BCUT2D eigenvalue weighted by Crippen LogP contribution is -2.13. The van der Waals surface area contributed by atoms with Crippen LogP contribution in [-0.4, -0.2) is 19.0 Å². The van der Waals surface area contributed by atoms with Crippen LogP contribution in [0.2, 0.25) is 5.02 Å². The maximum Gasteiger partial charge on any atom is 0.343 e. The summed E-state index contributed by atoms with van der Waals surface area (Å²) in [4.78, 5) is 24.5. The Morgan fingerprint density at radius 1 is 0.935 bits per heavy atom. The van der Waals surface area contributed by atoms with Crippen LogP contribution in [0.3, 0.4) is 0 Å². The van der Waals surface area contributed by atoms with Gasteiger partial charge in [0.15, 0.2) is 0 Å². The average molecular weight is 433 g/mol. The highest BCUT2D eigenvalue weighted by Gasteiger charge is 2.11. The Balaban J connectivity index is 1.66. The van der Waals surface area contributed by atoms with Gasteiger partial charge >= 0.3 is 5.97 Å². The van der Waals surface area contributed by atoms with Crippen molar-refractivity contribution in [3.8, 4) is 17.6 Å². The summed E-state index contributed by atoms with van der Waals surface area (Å²) in [5, 5.41) is 12.5. The fourth-order valence-corrected chi connectivity index (χ4v) is 2.70. The van der Waals surface area contributed by atoms with Gasteiger partial charge in [-0.3, -0.25) is 4.79 Å². The van der Waals surface area contributed by atoms with Crippen LogP contribution in [0.15, 0.2) is 78.4 Å². The number of methoxy groups -OCH3 is 1. The van der Waals surface area contributed by atoms with Crippen LogP contribution < -0.4 is 14.8 Å². The van der Waals surface area contributed by atoms with E-state index in [0.717, 1.165) is 0 Å². The summed E-state index contributed by atoms with van der Waals surface area (Å²) in [5.41, 5.74) is 1.45. The molecule has 3 aromatic carbocycles. The fourth-order valence-electron chi connectivity index (χ4n) is 2.57. The number of amides is 1. The van der Waals surface area contributed by atoms with E-state index in [1.807, 2.05) is 6.07 Å². The van der Waals surface area contributed by atoms with Crippen molar-refractivity contribution in [2.75, 3.05) is 12.4 Å². The van der Waals surface area contributed by atoms with Gasteiger partial charge in [-0.2, -0.15) is 5.26 Å². The second-order valence-corrected chi connectivity index (χ2v) is 6.75. The lowest BCUT2D eigenvalue weighted by atomic mass is 10.1. The Morgan fingerprint density at radius 2 is 1.55 bits per heavy atom. The summed E-state index contributed by atoms with van der Waals surface area (Å²) in [7, 11) is 1.55. The molecule has 0 bridgehead atoms. The molecule has 0 aromatic heterocycles. The van der Waals surface area contributed by atoms with E-state index in [2.05, 4.69) is 5.32 Å². The van der Waals surface area contributed by atoms with Crippen LogP contribution in [0, 0.1) is 11.3 Å². The molecule has 1 N–H and O–H groups in total. The van der Waals surface area contributed by atoms with Crippen LogP contribution in [0.1, 0.15) is 15.9 Å². The summed E-state index contributed by atoms with van der Waals surface area (Å²) in [5.74, 6) is -0.0633. The molecule has 0 fully saturated rings. The van der Waals surface area contributed by atoms with E-state index in [1.54, 1.807) is 79.9 Å². The van der Waals surface area contributed by atoms with E-state index in [-0.39, 0.29) is 5.57 Å². The normalized spacial score (nSPS) is 10.7. The van der Waals surface area contributed by atoms with Crippen LogP contribution in [0.5, 0.6) is 11.5 Å². The summed E-state index contributed by atoms with van der Waals surface area (Å²) in [6, 6.07) is 21.4. The van der Waals surface area contributed by atoms with E-state index < -0.39 is 11.9 Å². The number of carbonyl (C=O) groups excluding carboxylic acids is 2. The first-order valence-electron chi connectivity index (χ1n) is 9.13. The third-order valence-electron chi connectivity index (χ3n) is 4.19. The molecule has 0 saturated heterocycles. The largest absolute Gasteiger partial charge is 0.497 e. The first-order valence-corrected chi connectivity index (χ1v) is 9.51. The van der Waals surface area contributed by atoms with E-state index in [0.29, 0.717) is 33.3 Å².